The maximum atomic E-state index is 6.14. The summed E-state index contributed by atoms with van der Waals surface area (Å²) >= 11 is 6.14. The van der Waals surface area contributed by atoms with Gasteiger partial charge in [-0.25, -0.2) is 0 Å². The number of anilines is 1. The molecule has 0 unspecified atom stereocenters. The minimum atomic E-state index is -2.18. The van der Waals surface area contributed by atoms with Crippen LogP contribution >= 0.6 is 19.5 Å². The van der Waals surface area contributed by atoms with Gasteiger partial charge < -0.3 is 5.32 Å². The number of hydrogen-bond donors (Lipinski definition) is 1. The third-order valence-electron chi connectivity index (χ3n) is 4.96. The Morgan fingerprint density at radius 2 is 1.03 bits per heavy atom. The third-order valence-corrected chi connectivity index (χ3v) is 9.50. The zero-order valence-electron chi connectivity index (χ0n) is 16.6. The van der Waals surface area contributed by atoms with Gasteiger partial charge in [0.25, 0.3) is 0 Å². The van der Waals surface area contributed by atoms with Crippen molar-refractivity contribution in [1.82, 2.24) is 0 Å². The Labute approximate surface area is 184 Å². The van der Waals surface area contributed by atoms with E-state index in [1.54, 1.807) is 0 Å². The Kier molecular flexibility index (Phi) is 6.49. The van der Waals surface area contributed by atoms with Gasteiger partial charge in [0.2, 0.25) is 4.73 Å². The molecule has 0 heterocycles. The van der Waals surface area contributed by atoms with Crippen LogP contribution in [-0.2, 0) is 0 Å². The van der Waals surface area contributed by atoms with E-state index in [2.05, 4.69) is 114 Å². The predicted molar refractivity (Wildman–Crippen MR) is 137 cm³/mol. The SMILES string of the molecule is S=C(Nc1ccccc1)[P+](/C=C/c1ccccc1)(c1ccccc1)c1ccccc1. The van der Waals surface area contributed by atoms with Crippen LogP contribution in [-0.4, -0.2) is 4.73 Å². The molecule has 4 rings (SSSR count). The Balaban J connectivity index is 1.89. The van der Waals surface area contributed by atoms with Gasteiger partial charge in [0, 0.05) is 5.69 Å². The van der Waals surface area contributed by atoms with Gasteiger partial charge in [0.05, 0.1) is 5.82 Å². The van der Waals surface area contributed by atoms with E-state index in [0.717, 1.165) is 16.0 Å². The third kappa shape index (κ3) is 4.41. The van der Waals surface area contributed by atoms with E-state index in [-0.39, 0.29) is 0 Å². The van der Waals surface area contributed by atoms with Crippen LogP contribution in [0.3, 0.4) is 0 Å². The van der Waals surface area contributed by atoms with Crippen LogP contribution in [0.2, 0.25) is 0 Å². The highest BCUT2D eigenvalue weighted by Crippen LogP contribution is 2.59. The Bertz CT molecular complexity index is 1070. The molecule has 0 amide bonds. The van der Waals surface area contributed by atoms with E-state index in [0.29, 0.717) is 0 Å². The van der Waals surface area contributed by atoms with Gasteiger partial charge in [-0.15, -0.1) is 0 Å². The zero-order valence-corrected chi connectivity index (χ0v) is 18.3. The van der Waals surface area contributed by atoms with Crippen LogP contribution in [0.1, 0.15) is 5.56 Å². The lowest BCUT2D eigenvalue weighted by Crippen LogP contribution is -2.30. The molecule has 0 aliphatic rings. The maximum absolute atomic E-state index is 6.14. The minimum absolute atomic E-state index is 0.846. The summed E-state index contributed by atoms with van der Waals surface area (Å²) in [6.45, 7) is 0. The van der Waals surface area contributed by atoms with Crippen LogP contribution in [0, 0.1) is 0 Å². The molecule has 146 valence electrons. The largest absolute Gasteiger partial charge is 0.316 e. The molecular weight excluding hydrogens is 401 g/mol. The average Bonchev–Trinajstić information content (AvgIpc) is 2.82. The minimum Gasteiger partial charge on any atom is -0.316 e. The fourth-order valence-corrected chi connectivity index (χ4v) is 7.61. The van der Waals surface area contributed by atoms with Gasteiger partial charge in [0.15, 0.2) is 7.26 Å². The first-order valence-corrected chi connectivity index (χ1v) is 12.2. The number of thiocarbonyl (C=S) groups is 1. The van der Waals surface area contributed by atoms with Crippen molar-refractivity contribution >= 4 is 46.6 Å². The molecule has 3 heteroatoms. The smallest absolute Gasteiger partial charge is 0.241 e. The average molecular weight is 425 g/mol. The van der Waals surface area contributed by atoms with E-state index < -0.39 is 7.26 Å². The summed E-state index contributed by atoms with van der Waals surface area (Å²) in [6.07, 6.45) is 2.20. The summed E-state index contributed by atoms with van der Waals surface area (Å²) in [6, 6.07) is 41.8. The summed E-state index contributed by atoms with van der Waals surface area (Å²) in [7, 11) is -2.18. The molecule has 0 saturated heterocycles. The summed E-state index contributed by atoms with van der Waals surface area (Å²) in [4.78, 5) is 0. The van der Waals surface area contributed by atoms with Crippen molar-refractivity contribution < 1.29 is 0 Å². The molecule has 0 atom stereocenters. The van der Waals surface area contributed by atoms with Crippen molar-refractivity contribution in [1.29, 1.82) is 0 Å². The lowest BCUT2D eigenvalue weighted by atomic mass is 10.2. The van der Waals surface area contributed by atoms with E-state index in [4.69, 9.17) is 12.2 Å². The number of para-hydroxylation sites is 1. The fourth-order valence-electron chi connectivity index (χ4n) is 3.44. The molecular formula is C27H23NPS+. The summed E-state index contributed by atoms with van der Waals surface area (Å²) < 4.78 is 0.846. The monoisotopic (exact) mass is 424 g/mol. The fraction of sp³-hybridized carbons (Fsp3) is 0. The first-order valence-electron chi connectivity index (χ1n) is 9.90. The van der Waals surface area contributed by atoms with Crippen LogP contribution < -0.4 is 15.9 Å². The zero-order chi connectivity index (χ0) is 20.7. The van der Waals surface area contributed by atoms with Gasteiger partial charge in [-0.3, -0.25) is 0 Å². The highest BCUT2D eigenvalue weighted by Gasteiger charge is 2.46. The van der Waals surface area contributed by atoms with Crippen molar-refractivity contribution in [2.45, 2.75) is 0 Å². The Hall–Kier alpha value is -3.06. The van der Waals surface area contributed by atoms with Gasteiger partial charge in [-0.05, 0) is 60.3 Å². The van der Waals surface area contributed by atoms with Crippen molar-refractivity contribution in [3.05, 3.63) is 133 Å². The molecule has 0 radical (unpaired) electrons. The van der Waals surface area contributed by atoms with Gasteiger partial charge >= 0.3 is 0 Å². The van der Waals surface area contributed by atoms with Crippen molar-refractivity contribution in [2.24, 2.45) is 0 Å². The highest BCUT2D eigenvalue weighted by molar-refractivity contribution is 8.16. The molecule has 4 aromatic rings. The number of nitrogens with one attached hydrogen (secondary N) is 1. The molecule has 0 bridgehead atoms. The van der Waals surface area contributed by atoms with Gasteiger partial charge in [0.1, 0.15) is 10.6 Å². The molecule has 1 nitrogen and oxygen atoms in total. The van der Waals surface area contributed by atoms with Crippen LogP contribution in [0.25, 0.3) is 6.08 Å². The molecule has 0 saturated carbocycles. The predicted octanol–water partition coefficient (Wildman–Crippen LogP) is 6.72. The summed E-state index contributed by atoms with van der Waals surface area (Å²) in [5.41, 5.74) is 2.17. The van der Waals surface area contributed by atoms with Gasteiger partial charge in [-0.2, -0.15) is 0 Å². The van der Waals surface area contributed by atoms with E-state index in [1.165, 1.54) is 10.6 Å². The molecule has 4 aromatic carbocycles. The standard InChI is InChI=1S/C27H22NPS/c30-27(28-24-15-7-2-8-16-24)29(25-17-9-3-10-18-25,26-19-11-4-12-20-26)22-21-23-13-5-1-6-14-23/h1-22H/p+1/b22-21+. The van der Waals surface area contributed by atoms with Crippen molar-refractivity contribution in [3.8, 4) is 0 Å². The number of rotatable bonds is 6. The second-order valence-corrected chi connectivity index (χ2v) is 10.9. The topological polar surface area (TPSA) is 12.0 Å². The molecule has 0 aromatic heterocycles. The Morgan fingerprint density at radius 1 is 0.600 bits per heavy atom. The molecule has 30 heavy (non-hydrogen) atoms. The molecule has 0 aliphatic heterocycles. The van der Waals surface area contributed by atoms with Crippen molar-refractivity contribution in [2.75, 3.05) is 5.32 Å². The number of benzene rings is 4. The van der Waals surface area contributed by atoms with E-state index in [1.807, 2.05) is 24.3 Å². The molecule has 0 fully saturated rings. The Morgan fingerprint density at radius 3 is 1.53 bits per heavy atom. The van der Waals surface area contributed by atoms with E-state index in [9.17, 15) is 0 Å². The first-order chi connectivity index (χ1) is 14.8. The maximum Gasteiger partial charge on any atom is 0.241 e. The second-order valence-electron chi connectivity index (χ2n) is 6.92. The summed E-state index contributed by atoms with van der Waals surface area (Å²) in [5, 5.41) is 6.01. The van der Waals surface area contributed by atoms with E-state index >= 15 is 0 Å². The van der Waals surface area contributed by atoms with Crippen LogP contribution in [0.5, 0.6) is 0 Å². The normalized spacial score (nSPS) is 11.3. The highest BCUT2D eigenvalue weighted by atomic mass is 32.1. The second kappa shape index (κ2) is 9.63. The molecule has 0 spiro atoms. The lowest BCUT2D eigenvalue weighted by Gasteiger charge is -2.24. The molecule has 1 N–H and O–H groups in total. The first kappa shape index (κ1) is 20.2. The van der Waals surface area contributed by atoms with Gasteiger partial charge in [-0.1, -0.05) is 84.9 Å². The van der Waals surface area contributed by atoms with Crippen LogP contribution in [0.4, 0.5) is 5.69 Å². The number of hydrogen-bond acceptors (Lipinski definition) is 1. The van der Waals surface area contributed by atoms with Crippen LogP contribution in [0.15, 0.2) is 127 Å². The summed E-state index contributed by atoms with van der Waals surface area (Å²) in [5.74, 6) is 2.32. The lowest BCUT2D eigenvalue weighted by molar-refractivity contribution is 1.66. The van der Waals surface area contributed by atoms with Crippen molar-refractivity contribution in [3.63, 3.8) is 0 Å². The quantitative estimate of drug-likeness (QED) is 0.272. The molecule has 0 aliphatic carbocycles.